The van der Waals surface area contributed by atoms with Crippen molar-refractivity contribution in [1.82, 2.24) is 0 Å². The van der Waals surface area contributed by atoms with Gasteiger partial charge in [0.15, 0.2) is 0 Å². The van der Waals surface area contributed by atoms with E-state index < -0.39 is 0 Å². The van der Waals surface area contributed by atoms with Gasteiger partial charge in [-0.25, -0.2) is 0 Å². The lowest BCUT2D eigenvalue weighted by molar-refractivity contribution is 0.194. The van der Waals surface area contributed by atoms with E-state index in [1.54, 1.807) is 6.42 Å². The molecule has 6 atom stereocenters. The van der Waals surface area contributed by atoms with Crippen LogP contribution in [0.25, 0.3) is 0 Å². The molecular weight excluding hydrogens is 211 g/mol. The summed E-state index contributed by atoms with van der Waals surface area (Å²) in [6, 6.07) is 0. The molecule has 0 saturated heterocycles. The molecule has 94 valence electrons. The quantitative estimate of drug-likeness (QED) is 0.603. The molecule has 0 aromatic rings. The largest absolute Gasteiger partial charge is 0.134 e. The van der Waals surface area contributed by atoms with E-state index in [1.807, 2.05) is 0 Å². The van der Waals surface area contributed by atoms with Crippen molar-refractivity contribution in [3.8, 4) is 0 Å². The highest BCUT2D eigenvalue weighted by atomic mass is 31.0. The lowest BCUT2D eigenvalue weighted by Crippen LogP contribution is -2.25. The van der Waals surface area contributed by atoms with Gasteiger partial charge >= 0.3 is 0 Å². The van der Waals surface area contributed by atoms with E-state index in [2.05, 4.69) is 23.1 Å². The molecule has 2 aliphatic carbocycles. The van der Waals surface area contributed by atoms with Gasteiger partial charge in [0, 0.05) is 0 Å². The molecule has 0 aromatic carbocycles. The molecule has 0 bridgehead atoms. The molecule has 1 heteroatoms. The Morgan fingerprint density at radius 2 is 1.69 bits per heavy atom. The zero-order valence-electron chi connectivity index (χ0n) is 11.1. The summed E-state index contributed by atoms with van der Waals surface area (Å²) in [4.78, 5) is 0. The Morgan fingerprint density at radius 3 is 2.38 bits per heavy atom. The first-order valence-corrected chi connectivity index (χ1v) is 8.07. The highest BCUT2D eigenvalue weighted by Crippen LogP contribution is 2.40. The molecule has 0 N–H and O–H groups in total. The van der Waals surface area contributed by atoms with E-state index in [0.717, 1.165) is 29.3 Å². The predicted octanol–water partition coefficient (Wildman–Crippen LogP) is 4.88. The van der Waals surface area contributed by atoms with Crippen molar-refractivity contribution >= 4 is 9.24 Å². The summed E-state index contributed by atoms with van der Waals surface area (Å²) in [5.74, 6) is 4.09. The van der Waals surface area contributed by atoms with Gasteiger partial charge in [-0.2, -0.15) is 0 Å². The van der Waals surface area contributed by atoms with E-state index in [0.29, 0.717) is 0 Å². The zero-order valence-corrected chi connectivity index (χ0v) is 12.3. The highest BCUT2D eigenvalue weighted by molar-refractivity contribution is 7.17. The lowest BCUT2D eigenvalue weighted by Gasteiger charge is -2.35. The third kappa shape index (κ3) is 3.46. The first-order valence-electron chi connectivity index (χ1n) is 7.40. The maximum atomic E-state index is 3.06. The summed E-state index contributed by atoms with van der Waals surface area (Å²) < 4.78 is 0. The van der Waals surface area contributed by atoms with Crippen molar-refractivity contribution in [3.05, 3.63) is 0 Å². The minimum Gasteiger partial charge on any atom is -0.134 e. The molecule has 0 nitrogen and oxygen atoms in total. The standard InChI is InChI=1S/C15H29P/c1-11-4-3-5-13(8-11)10-14-6-7-15(16)12(2)9-14/h11-15H,3-10,16H2,1-2H3. The Bertz CT molecular complexity index is 213. The second kappa shape index (κ2) is 5.85. The van der Waals surface area contributed by atoms with Gasteiger partial charge in [0.1, 0.15) is 0 Å². The summed E-state index contributed by atoms with van der Waals surface area (Å²) >= 11 is 0. The molecule has 0 spiro atoms. The van der Waals surface area contributed by atoms with Crippen molar-refractivity contribution < 1.29 is 0 Å². The second-order valence-corrected chi connectivity index (χ2v) is 7.55. The molecule has 2 aliphatic rings. The van der Waals surface area contributed by atoms with Gasteiger partial charge < -0.3 is 0 Å². The third-order valence-corrected chi connectivity index (χ3v) is 6.05. The van der Waals surface area contributed by atoms with Gasteiger partial charge in [0.25, 0.3) is 0 Å². The number of rotatable bonds is 2. The van der Waals surface area contributed by atoms with Crippen molar-refractivity contribution in [1.29, 1.82) is 0 Å². The molecule has 6 unspecified atom stereocenters. The molecule has 2 rings (SSSR count). The predicted molar refractivity (Wildman–Crippen MR) is 75.7 cm³/mol. The van der Waals surface area contributed by atoms with Gasteiger partial charge in [-0.15, -0.1) is 9.24 Å². The second-order valence-electron chi connectivity index (χ2n) is 6.69. The maximum Gasteiger partial charge on any atom is -0.0238 e. The third-order valence-electron chi connectivity index (χ3n) is 5.06. The monoisotopic (exact) mass is 240 g/mol. The number of hydrogen-bond donors (Lipinski definition) is 0. The van der Waals surface area contributed by atoms with Crippen LogP contribution < -0.4 is 0 Å². The molecule has 0 aromatic heterocycles. The molecule has 2 fully saturated rings. The molecule has 16 heavy (non-hydrogen) atoms. The smallest absolute Gasteiger partial charge is 0.0238 e. The van der Waals surface area contributed by atoms with Gasteiger partial charge in [-0.3, -0.25) is 0 Å². The Hall–Kier alpha value is 0.430. The number of hydrogen-bond acceptors (Lipinski definition) is 0. The van der Waals surface area contributed by atoms with Crippen molar-refractivity contribution in [2.24, 2.45) is 23.7 Å². The topological polar surface area (TPSA) is 0 Å². The van der Waals surface area contributed by atoms with Gasteiger partial charge in [-0.1, -0.05) is 33.1 Å². The first kappa shape index (κ1) is 12.9. The van der Waals surface area contributed by atoms with Crippen LogP contribution in [0.2, 0.25) is 0 Å². The molecule has 0 aliphatic heterocycles. The summed E-state index contributed by atoms with van der Waals surface area (Å²) in [6.45, 7) is 4.90. The van der Waals surface area contributed by atoms with Crippen molar-refractivity contribution in [2.45, 2.75) is 70.9 Å². The van der Waals surface area contributed by atoms with Crippen molar-refractivity contribution in [2.75, 3.05) is 0 Å². The normalized spacial score (nSPS) is 45.6. The van der Waals surface area contributed by atoms with Crippen LogP contribution in [0.3, 0.4) is 0 Å². The minimum atomic E-state index is 0.904. The molecular formula is C15H29P. The Balaban J connectivity index is 1.76. The molecule has 0 radical (unpaired) electrons. The minimum absolute atomic E-state index is 0.904. The lowest BCUT2D eigenvalue weighted by atomic mass is 9.73. The fraction of sp³-hybridized carbons (Fsp3) is 1.00. The summed E-state index contributed by atoms with van der Waals surface area (Å²) in [7, 11) is 3.06. The van der Waals surface area contributed by atoms with Gasteiger partial charge in [0.2, 0.25) is 0 Å². The fourth-order valence-electron chi connectivity index (χ4n) is 3.99. The van der Waals surface area contributed by atoms with Crippen LogP contribution in [-0.4, -0.2) is 5.66 Å². The van der Waals surface area contributed by atoms with Crippen LogP contribution in [0.1, 0.15) is 65.2 Å². The Labute approximate surface area is 104 Å². The SMILES string of the molecule is CC1CCCC(CC2CCC(P)C(C)C2)C1. The average molecular weight is 240 g/mol. The van der Waals surface area contributed by atoms with Crippen LogP contribution >= 0.6 is 9.24 Å². The van der Waals surface area contributed by atoms with E-state index in [1.165, 1.54) is 44.9 Å². The van der Waals surface area contributed by atoms with Crippen LogP contribution in [0.4, 0.5) is 0 Å². The van der Waals surface area contributed by atoms with E-state index in [4.69, 9.17) is 0 Å². The summed E-state index contributed by atoms with van der Waals surface area (Å²) in [6.07, 6.45) is 12.0. The van der Waals surface area contributed by atoms with Crippen molar-refractivity contribution in [3.63, 3.8) is 0 Å². The first-order chi connectivity index (χ1) is 7.65. The van der Waals surface area contributed by atoms with Crippen LogP contribution in [0, 0.1) is 23.7 Å². The summed E-state index contributed by atoms with van der Waals surface area (Å²) in [5.41, 5.74) is 0.904. The highest BCUT2D eigenvalue weighted by Gasteiger charge is 2.28. The molecule has 0 heterocycles. The average Bonchev–Trinajstić information content (AvgIpc) is 2.24. The molecule has 2 saturated carbocycles. The maximum absolute atomic E-state index is 3.06. The molecule has 0 amide bonds. The summed E-state index contributed by atoms with van der Waals surface area (Å²) in [5, 5.41) is 0. The van der Waals surface area contributed by atoms with Crippen LogP contribution in [-0.2, 0) is 0 Å². The van der Waals surface area contributed by atoms with Gasteiger partial charge in [0.05, 0.1) is 0 Å². The fourth-order valence-corrected chi connectivity index (χ4v) is 4.34. The van der Waals surface area contributed by atoms with Crippen LogP contribution in [0.5, 0.6) is 0 Å². The van der Waals surface area contributed by atoms with E-state index in [-0.39, 0.29) is 0 Å². The zero-order chi connectivity index (χ0) is 11.5. The Morgan fingerprint density at radius 1 is 0.938 bits per heavy atom. The Kier molecular flexibility index (Phi) is 4.71. The van der Waals surface area contributed by atoms with E-state index in [9.17, 15) is 0 Å². The van der Waals surface area contributed by atoms with Gasteiger partial charge in [-0.05, 0) is 61.4 Å². The van der Waals surface area contributed by atoms with Crippen LogP contribution in [0.15, 0.2) is 0 Å². The van der Waals surface area contributed by atoms with E-state index >= 15 is 0 Å².